The Balaban J connectivity index is 1.65. The molecule has 1 aromatic heterocycles. The third kappa shape index (κ3) is 4.83. The van der Waals surface area contributed by atoms with Crippen molar-refractivity contribution >= 4 is 26.9 Å². The van der Waals surface area contributed by atoms with E-state index in [1.54, 1.807) is 50.2 Å². The predicted octanol–water partition coefficient (Wildman–Crippen LogP) is 3.48. The number of hydrogen-bond donors (Lipinski definition) is 1. The number of anilines is 1. The fraction of sp³-hybridized carbons (Fsp3) is 0.261. The highest BCUT2D eigenvalue weighted by Crippen LogP contribution is 2.40. The van der Waals surface area contributed by atoms with Crippen LogP contribution in [0.25, 0.3) is 0 Å². The molecule has 33 heavy (non-hydrogen) atoms. The number of halogens is 1. The Morgan fingerprint density at radius 2 is 2.09 bits per heavy atom. The lowest BCUT2D eigenvalue weighted by atomic mass is 10.1. The van der Waals surface area contributed by atoms with Crippen LogP contribution in [-0.2, 0) is 13.5 Å². The molecular formula is C23H24FN4O4P. The average Bonchev–Trinajstić information content (AvgIpc) is 3.38. The Kier molecular flexibility index (Phi) is 6.33. The number of benzene rings is 2. The van der Waals surface area contributed by atoms with Crippen molar-refractivity contribution in [1.82, 2.24) is 14.7 Å². The lowest BCUT2D eigenvalue weighted by Crippen LogP contribution is -2.22. The van der Waals surface area contributed by atoms with E-state index in [9.17, 15) is 14.0 Å². The standard InChI is InChI=1S/C23H24FN4O4P/c1-27(2)23(30)16-5-4-14(11-18(16)24)31-19-8-13(9-20-17(19)10-15(12-33)32-20)22(29)25-21-6-7-28(3)26-21/h4-9,11,15H,10,12,33H2,1-3H3,(H,25,26,29). The molecule has 172 valence electrons. The Morgan fingerprint density at radius 1 is 1.30 bits per heavy atom. The monoisotopic (exact) mass is 470 g/mol. The second-order valence-electron chi connectivity index (χ2n) is 7.90. The summed E-state index contributed by atoms with van der Waals surface area (Å²) in [4.78, 5) is 26.2. The summed E-state index contributed by atoms with van der Waals surface area (Å²) in [5, 5.41) is 6.89. The van der Waals surface area contributed by atoms with E-state index in [2.05, 4.69) is 19.7 Å². The number of carbonyl (C=O) groups excluding carboxylic acids is 2. The smallest absolute Gasteiger partial charge is 0.257 e. The first-order chi connectivity index (χ1) is 15.7. The van der Waals surface area contributed by atoms with Gasteiger partial charge < -0.3 is 19.7 Å². The summed E-state index contributed by atoms with van der Waals surface area (Å²) in [5.74, 6) is 0.0592. The van der Waals surface area contributed by atoms with Gasteiger partial charge in [0.05, 0.1) is 5.56 Å². The Labute approximate surface area is 192 Å². The molecule has 2 unspecified atom stereocenters. The molecule has 0 bridgehead atoms. The van der Waals surface area contributed by atoms with Gasteiger partial charge >= 0.3 is 0 Å². The number of nitrogens with one attached hydrogen (secondary N) is 1. The van der Waals surface area contributed by atoms with Gasteiger partial charge in [0.2, 0.25) is 0 Å². The van der Waals surface area contributed by atoms with Crippen LogP contribution in [-0.4, -0.2) is 52.9 Å². The van der Waals surface area contributed by atoms with Gasteiger partial charge in [0.15, 0.2) is 5.82 Å². The Bertz CT molecular complexity index is 1230. The number of rotatable bonds is 6. The zero-order chi connectivity index (χ0) is 23.7. The van der Waals surface area contributed by atoms with Crippen molar-refractivity contribution < 1.29 is 23.5 Å². The first kappa shape index (κ1) is 22.7. The summed E-state index contributed by atoms with van der Waals surface area (Å²) in [6.45, 7) is 0. The molecule has 2 amide bonds. The molecule has 2 heterocycles. The van der Waals surface area contributed by atoms with E-state index >= 15 is 0 Å². The van der Waals surface area contributed by atoms with E-state index in [0.29, 0.717) is 35.5 Å². The molecule has 1 aliphatic rings. The van der Waals surface area contributed by atoms with Crippen LogP contribution in [0.4, 0.5) is 10.2 Å². The van der Waals surface area contributed by atoms with E-state index in [0.717, 1.165) is 11.6 Å². The summed E-state index contributed by atoms with van der Waals surface area (Å²) in [5.41, 5.74) is 1.07. The van der Waals surface area contributed by atoms with Crippen LogP contribution in [0.1, 0.15) is 26.3 Å². The molecule has 2 aromatic carbocycles. The lowest BCUT2D eigenvalue weighted by molar-refractivity contribution is 0.0822. The molecule has 10 heteroatoms. The SMILES string of the molecule is CN(C)C(=O)c1ccc(Oc2cc(C(=O)Nc3ccn(C)n3)cc3c2CC(CP)O3)cc1F. The fourth-order valence-corrected chi connectivity index (χ4v) is 3.76. The van der Waals surface area contributed by atoms with Crippen molar-refractivity contribution in [2.75, 3.05) is 25.6 Å². The first-order valence-corrected chi connectivity index (χ1v) is 11.1. The second kappa shape index (κ2) is 9.19. The molecule has 0 aliphatic carbocycles. The summed E-state index contributed by atoms with van der Waals surface area (Å²) in [6, 6.07) is 9.01. The van der Waals surface area contributed by atoms with Crippen molar-refractivity contribution in [2.45, 2.75) is 12.5 Å². The van der Waals surface area contributed by atoms with Gasteiger partial charge in [0, 0.05) is 57.0 Å². The van der Waals surface area contributed by atoms with Crippen LogP contribution in [0.3, 0.4) is 0 Å². The van der Waals surface area contributed by atoms with Gasteiger partial charge in [-0.3, -0.25) is 14.3 Å². The highest BCUT2D eigenvalue weighted by Gasteiger charge is 2.28. The largest absolute Gasteiger partial charge is 0.489 e. The normalized spacial score (nSPS) is 14.4. The van der Waals surface area contributed by atoms with Crippen LogP contribution in [0.2, 0.25) is 0 Å². The Hall–Kier alpha value is -3.45. The van der Waals surface area contributed by atoms with E-state index in [1.165, 1.54) is 17.0 Å². The molecular weight excluding hydrogens is 446 g/mol. The first-order valence-electron chi connectivity index (χ1n) is 10.3. The maximum absolute atomic E-state index is 14.6. The van der Waals surface area contributed by atoms with Crippen LogP contribution >= 0.6 is 9.24 Å². The van der Waals surface area contributed by atoms with Crippen molar-refractivity contribution in [1.29, 1.82) is 0 Å². The van der Waals surface area contributed by atoms with E-state index in [-0.39, 0.29) is 23.3 Å². The van der Waals surface area contributed by atoms with Crippen LogP contribution in [0.15, 0.2) is 42.6 Å². The van der Waals surface area contributed by atoms with Crippen molar-refractivity contribution in [3.8, 4) is 17.2 Å². The van der Waals surface area contributed by atoms with Gasteiger partial charge in [-0.05, 0) is 30.4 Å². The maximum Gasteiger partial charge on any atom is 0.257 e. The topological polar surface area (TPSA) is 85.7 Å². The number of hydrogen-bond acceptors (Lipinski definition) is 5. The summed E-state index contributed by atoms with van der Waals surface area (Å²) in [7, 11) is 7.50. The molecule has 0 radical (unpaired) electrons. The van der Waals surface area contributed by atoms with Crippen LogP contribution < -0.4 is 14.8 Å². The number of carbonyl (C=O) groups is 2. The third-order valence-corrected chi connectivity index (χ3v) is 5.70. The third-order valence-electron chi connectivity index (χ3n) is 5.18. The molecule has 0 saturated carbocycles. The number of aromatic nitrogens is 2. The fourth-order valence-electron chi connectivity index (χ4n) is 3.50. The number of nitrogens with zero attached hydrogens (tertiary/aromatic N) is 3. The highest BCUT2D eigenvalue weighted by atomic mass is 31.0. The van der Waals surface area contributed by atoms with Gasteiger partial charge in [0.25, 0.3) is 11.8 Å². The number of amides is 2. The molecule has 3 aromatic rings. The number of ether oxygens (including phenoxy) is 2. The van der Waals surface area contributed by atoms with Crippen molar-refractivity contribution in [3.05, 3.63) is 65.1 Å². The molecule has 8 nitrogen and oxygen atoms in total. The zero-order valence-corrected chi connectivity index (χ0v) is 19.6. The molecule has 2 atom stereocenters. The van der Waals surface area contributed by atoms with Gasteiger partial charge in [-0.25, -0.2) is 4.39 Å². The van der Waals surface area contributed by atoms with E-state index < -0.39 is 11.7 Å². The lowest BCUT2D eigenvalue weighted by Gasteiger charge is -2.14. The molecule has 0 fully saturated rings. The van der Waals surface area contributed by atoms with Gasteiger partial charge in [-0.2, -0.15) is 5.10 Å². The van der Waals surface area contributed by atoms with Crippen molar-refractivity contribution in [2.24, 2.45) is 7.05 Å². The minimum Gasteiger partial charge on any atom is -0.489 e. The summed E-state index contributed by atoms with van der Waals surface area (Å²) in [6.07, 6.45) is 2.95. The molecule has 1 N–H and O–H groups in total. The molecule has 0 spiro atoms. The maximum atomic E-state index is 14.6. The molecule has 4 rings (SSSR count). The highest BCUT2D eigenvalue weighted by molar-refractivity contribution is 7.16. The number of aryl methyl sites for hydroxylation is 1. The Morgan fingerprint density at radius 3 is 2.73 bits per heavy atom. The van der Waals surface area contributed by atoms with Gasteiger partial charge in [-0.15, -0.1) is 9.24 Å². The zero-order valence-electron chi connectivity index (χ0n) is 18.5. The van der Waals surface area contributed by atoms with Gasteiger partial charge in [0.1, 0.15) is 29.2 Å². The predicted molar refractivity (Wildman–Crippen MR) is 125 cm³/mol. The van der Waals surface area contributed by atoms with Crippen molar-refractivity contribution in [3.63, 3.8) is 0 Å². The van der Waals surface area contributed by atoms with E-state index in [1.807, 2.05) is 0 Å². The minimum atomic E-state index is -0.689. The van der Waals surface area contributed by atoms with E-state index in [4.69, 9.17) is 9.47 Å². The summed E-state index contributed by atoms with van der Waals surface area (Å²) >= 11 is 0. The average molecular weight is 470 g/mol. The second-order valence-corrected chi connectivity index (χ2v) is 8.37. The minimum absolute atomic E-state index is 0.0486. The van der Waals surface area contributed by atoms with Gasteiger partial charge in [-0.1, -0.05) is 0 Å². The molecule has 0 saturated heterocycles. The van der Waals surface area contributed by atoms with Crippen LogP contribution in [0, 0.1) is 5.82 Å². The number of fused-ring (bicyclic) bond motifs is 1. The summed E-state index contributed by atoms with van der Waals surface area (Å²) < 4.78 is 28.1. The quantitative estimate of drug-likeness (QED) is 0.558. The van der Waals surface area contributed by atoms with Crippen LogP contribution in [0.5, 0.6) is 17.2 Å². The molecule has 1 aliphatic heterocycles.